The van der Waals surface area contributed by atoms with Crippen molar-refractivity contribution in [3.63, 3.8) is 0 Å². The lowest BCUT2D eigenvalue weighted by atomic mass is 9.83. The molecule has 0 aromatic heterocycles. The average Bonchev–Trinajstić information content (AvgIpc) is 2.95. The Labute approximate surface area is 232 Å². The number of rotatable bonds is 19. The molecule has 1 atom stereocenters. The second-order valence-electron chi connectivity index (χ2n) is 8.80. The minimum atomic E-state index is -1.77. The summed E-state index contributed by atoms with van der Waals surface area (Å²) in [7, 11) is 0. The molecule has 0 aromatic carbocycles. The van der Waals surface area contributed by atoms with E-state index >= 15 is 0 Å². The monoisotopic (exact) mass is 562 g/mol. The normalized spacial score (nSPS) is 11.7. The van der Waals surface area contributed by atoms with Gasteiger partial charge in [0.15, 0.2) is 0 Å². The first-order valence-corrected chi connectivity index (χ1v) is 11.6. The van der Waals surface area contributed by atoms with Gasteiger partial charge in [-0.3, -0.25) is 0 Å². The number of ether oxygens (including phenoxy) is 6. The molecular weight excluding hydrogens is 528 g/mol. The lowest BCUT2D eigenvalue weighted by Gasteiger charge is -2.36. The summed E-state index contributed by atoms with van der Waals surface area (Å²) in [6, 6.07) is 0. The molecule has 1 unspecified atom stereocenters. The van der Waals surface area contributed by atoms with E-state index in [1.54, 1.807) is 13.8 Å². The van der Waals surface area contributed by atoms with Crippen LogP contribution in [0.4, 0.5) is 0 Å². The maximum atomic E-state index is 12.5. The van der Waals surface area contributed by atoms with Crippen molar-refractivity contribution < 1.29 is 57.2 Å². The summed E-state index contributed by atoms with van der Waals surface area (Å²) in [6.45, 7) is 17.7. The number of carbonyl (C=O) groups is 6. The van der Waals surface area contributed by atoms with E-state index in [0.717, 1.165) is 42.5 Å². The Morgan fingerprint density at radius 1 is 0.550 bits per heavy atom. The molecule has 0 saturated carbocycles. The van der Waals surface area contributed by atoms with Crippen LogP contribution >= 0.6 is 0 Å². The molecular formula is C28H34O12. The van der Waals surface area contributed by atoms with Crippen molar-refractivity contribution in [3.8, 4) is 0 Å². The summed E-state index contributed by atoms with van der Waals surface area (Å²) in [5.41, 5.74) is -2.54. The van der Waals surface area contributed by atoms with Gasteiger partial charge in [-0.1, -0.05) is 46.7 Å². The Morgan fingerprint density at radius 2 is 0.875 bits per heavy atom. The molecule has 0 aliphatic carbocycles. The molecule has 0 radical (unpaired) electrons. The fourth-order valence-corrected chi connectivity index (χ4v) is 2.58. The van der Waals surface area contributed by atoms with Crippen molar-refractivity contribution in [1.29, 1.82) is 0 Å². The van der Waals surface area contributed by atoms with Gasteiger partial charge in [0.05, 0.1) is 13.2 Å². The minimum Gasteiger partial charge on any atom is -0.462 e. The van der Waals surface area contributed by atoms with Crippen LogP contribution in [0.25, 0.3) is 0 Å². The van der Waals surface area contributed by atoms with Gasteiger partial charge in [-0.25, -0.2) is 28.8 Å². The number of carbonyl (C=O) groups excluding carboxylic acids is 6. The molecule has 0 aliphatic rings. The van der Waals surface area contributed by atoms with Gasteiger partial charge < -0.3 is 28.4 Å². The molecule has 12 heteroatoms. The van der Waals surface area contributed by atoms with Crippen LogP contribution in [-0.4, -0.2) is 75.0 Å². The summed E-state index contributed by atoms with van der Waals surface area (Å²) in [5.74, 6) is -5.21. The van der Waals surface area contributed by atoms with Crippen molar-refractivity contribution >= 4 is 35.8 Å². The molecule has 0 aromatic rings. The van der Waals surface area contributed by atoms with Crippen LogP contribution < -0.4 is 0 Å². The molecule has 0 amide bonds. The fourth-order valence-electron chi connectivity index (χ4n) is 2.58. The second-order valence-corrected chi connectivity index (χ2v) is 8.80. The quantitative estimate of drug-likeness (QED) is 0.128. The third kappa shape index (κ3) is 13.7. The van der Waals surface area contributed by atoms with Crippen LogP contribution in [0.2, 0.25) is 0 Å². The predicted octanol–water partition coefficient (Wildman–Crippen LogP) is 2.11. The molecule has 0 N–H and O–H groups in total. The van der Waals surface area contributed by atoms with Gasteiger partial charge in [0.2, 0.25) is 0 Å². The number of esters is 6. The number of hydrogen-bond donors (Lipinski definition) is 0. The maximum Gasteiger partial charge on any atom is 0.330 e. The molecule has 0 aliphatic heterocycles. The molecule has 40 heavy (non-hydrogen) atoms. The first-order valence-electron chi connectivity index (χ1n) is 11.6. The molecule has 0 heterocycles. The van der Waals surface area contributed by atoms with Gasteiger partial charge in [0, 0.05) is 41.9 Å². The van der Waals surface area contributed by atoms with Gasteiger partial charge >= 0.3 is 35.8 Å². The highest BCUT2D eigenvalue weighted by Crippen LogP contribution is 2.29. The molecule has 0 rings (SSSR count). The molecule has 0 bridgehead atoms. The van der Waals surface area contributed by atoms with Crippen molar-refractivity contribution in [2.24, 2.45) is 10.8 Å². The van der Waals surface area contributed by atoms with E-state index < -0.39 is 72.6 Å². The van der Waals surface area contributed by atoms with Gasteiger partial charge in [-0.05, 0) is 6.08 Å². The van der Waals surface area contributed by atoms with E-state index in [9.17, 15) is 28.8 Å². The minimum absolute atomic E-state index is 0.0739. The van der Waals surface area contributed by atoms with Gasteiger partial charge in [0.25, 0.3) is 0 Å². The number of hydrogen-bond acceptors (Lipinski definition) is 12. The van der Waals surface area contributed by atoms with Crippen LogP contribution in [0, 0.1) is 10.8 Å². The highest BCUT2D eigenvalue weighted by Gasteiger charge is 2.45. The van der Waals surface area contributed by atoms with E-state index in [1.165, 1.54) is 0 Å². The Morgan fingerprint density at radius 3 is 1.23 bits per heavy atom. The smallest absolute Gasteiger partial charge is 0.330 e. The second kappa shape index (κ2) is 17.7. The Hall–Kier alpha value is -4.74. The molecule has 0 fully saturated rings. The van der Waals surface area contributed by atoms with E-state index in [0.29, 0.717) is 0 Å². The van der Waals surface area contributed by atoms with Crippen LogP contribution in [-0.2, 0) is 57.2 Å². The highest BCUT2D eigenvalue weighted by molar-refractivity contribution is 5.84. The van der Waals surface area contributed by atoms with E-state index in [-0.39, 0.29) is 13.2 Å². The summed E-state index contributed by atoms with van der Waals surface area (Å²) in [6.07, 6.45) is 4.82. The van der Waals surface area contributed by atoms with E-state index in [2.05, 4.69) is 32.9 Å². The topological polar surface area (TPSA) is 158 Å². The van der Waals surface area contributed by atoms with Crippen molar-refractivity contribution in [2.45, 2.75) is 20.0 Å². The molecule has 0 spiro atoms. The zero-order valence-electron chi connectivity index (χ0n) is 22.6. The largest absolute Gasteiger partial charge is 0.462 e. The van der Waals surface area contributed by atoms with Crippen LogP contribution in [0.15, 0.2) is 75.4 Å². The lowest BCUT2D eigenvalue weighted by molar-refractivity contribution is -0.172. The predicted molar refractivity (Wildman–Crippen MR) is 141 cm³/mol. The van der Waals surface area contributed by atoms with E-state index in [1.807, 2.05) is 0 Å². The third-order valence-corrected chi connectivity index (χ3v) is 4.80. The summed E-state index contributed by atoms with van der Waals surface area (Å²) >= 11 is 0. The van der Waals surface area contributed by atoms with Crippen molar-refractivity contribution in [1.82, 2.24) is 0 Å². The summed E-state index contributed by atoms with van der Waals surface area (Å²) in [4.78, 5) is 71.6. The summed E-state index contributed by atoms with van der Waals surface area (Å²) < 4.78 is 31.0. The first kappa shape index (κ1) is 35.3. The summed E-state index contributed by atoms with van der Waals surface area (Å²) in [5, 5.41) is 0. The van der Waals surface area contributed by atoms with Crippen LogP contribution in [0.5, 0.6) is 0 Å². The fraction of sp³-hybridized carbons (Fsp3) is 0.357. The Balaban J connectivity index is 6.27. The van der Waals surface area contributed by atoms with Crippen LogP contribution in [0.1, 0.15) is 13.8 Å². The maximum absolute atomic E-state index is 12.5. The standard InChI is InChI=1S/C28H34O12/c1-8-21(29)35-15-27(6,7)16-36-26(34)14-13-20(40-25(33)12-5)28(17-37-22(30)9-2,18-38-23(31)10-3)19-39-24(32)11-4/h8-14,20H,1-5,15-19H2,6-7H3. The molecule has 218 valence electrons. The van der Waals surface area contributed by atoms with Gasteiger partial charge in [-0.15, -0.1) is 0 Å². The highest BCUT2D eigenvalue weighted by atomic mass is 16.6. The Bertz CT molecular complexity index is 974. The first-order chi connectivity index (χ1) is 18.8. The zero-order valence-corrected chi connectivity index (χ0v) is 22.6. The molecule has 0 saturated heterocycles. The Kier molecular flexibility index (Phi) is 15.6. The van der Waals surface area contributed by atoms with Gasteiger partial charge in [-0.2, -0.15) is 0 Å². The lowest BCUT2D eigenvalue weighted by Crippen LogP contribution is -2.49. The van der Waals surface area contributed by atoms with Gasteiger partial charge in [0.1, 0.15) is 31.3 Å². The van der Waals surface area contributed by atoms with Crippen molar-refractivity contribution in [3.05, 3.63) is 75.4 Å². The van der Waals surface area contributed by atoms with Crippen molar-refractivity contribution in [2.75, 3.05) is 33.0 Å². The SMILES string of the molecule is C=CC(=O)OCC(C)(C)COC(=O)C=CC(OC(=O)C=C)C(COC(=O)C=C)(COC(=O)C=C)COC(=O)C=C. The average molecular weight is 563 g/mol. The van der Waals surface area contributed by atoms with E-state index in [4.69, 9.17) is 28.4 Å². The van der Waals surface area contributed by atoms with Crippen LogP contribution in [0.3, 0.4) is 0 Å². The third-order valence-electron chi connectivity index (χ3n) is 4.80. The molecule has 12 nitrogen and oxygen atoms in total. The zero-order chi connectivity index (χ0) is 30.8.